The van der Waals surface area contributed by atoms with E-state index in [0.29, 0.717) is 24.6 Å². The van der Waals surface area contributed by atoms with Crippen molar-refractivity contribution in [2.24, 2.45) is 5.92 Å². The van der Waals surface area contributed by atoms with Crippen molar-refractivity contribution in [3.63, 3.8) is 0 Å². The first-order chi connectivity index (χ1) is 14.5. The van der Waals surface area contributed by atoms with E-state index in [1.54, 1.807) is 14.2 Å². The van der Waals surface area contributed by atoms with Gasteiger partial charge in [-0.25, -0.2) is 4.98 Å². The van der Waals surface area contributed by atoms with Crippen LogP contribution in [-0.4, -0.2) is 58.9 Å². The quantitative estimate of drug-likeness (QED) is 0.492. The number of fused-ring (bicyclic) bond motifs is 3. The van der Waals surface area contributed by atoms with Gasteiger partial charge < -0.3 is 20.1 Å². The summed E-state index contributed by atoms with van der Waals surface area (Å²) in [4.78, 5) is 16.8. The van der Waals surface area contributed by atoms with Gasteiger partial charge in [0.05, 0.1) is 18.1 Å². The maximum absolute atomic E-state index is 12.1. The largest absolute Gasteiger partial charge is 0.497 e. The predicted molar refractivity (Wildman–Crippen MR) is 116 cm³/mol. The van der Waals surface area contributed by atoms with Gasteiger partial charge in [-0.2, -0.15) is 0 Å². The molecule has 2 aromatic heterocycles. The van der Waals surface area contributed by atoms with Gasteiger partial charge in [-0.3, -0.25) is 9.20 Å². The second-order valence-electron chi connectivity index (χ2n) is 7.55. The molecule has 9 nitrogen and oxygen atoms in total. The van der Waals surface area contributed by atoms with Crippen molar-refractivity contribution in [1.29, 1.82) is 0 Å². The molecule has 0 radical (unpaired) electrons. The van der Waals surface area contributed by atoms with Crippen LogP contribution in [0.25, 0.3) is 16.7 Å². The van der Waals surface area contributed by atoms with Crippen LogP contribution in [0.5, 0.6) is 5.75 Å². The minimum atomic E-state index is -0.411. The number of anilines is 1. The first-order valence-electron chi connectivity index (χ1n) is 10.2. The third-order valence-electron chi connectivity index (χ3n) is 5.01. The monoisotopic (exact) mass is 414 g/mol. The Morgan fingerprint density at radius 2 is 1.93 bits per heavy atom. The SMILES string of the molecule is COc1ccc2c(c1)nc(NCCCCNC(=O)C(OC)C(C)C)c1nnc(C)n12. The van der Waals surface area contributed by atoms with E-state index in [9.17, 15) is 4.79 Å². The van der Waals surface area contributed by atoms with Crippen molar-refractivity contribution in [3.8, 4) is 5.75 Å². The van der Waals surface area contributed by atoms with Gasteiger partial charge in [-0.05, 0) is 37.8 Å². The van der Waals surface area contributed by atoms with E-state index in [1.165, 1.54) is 0 Å². The molecule has 1 aromatic carbocycles. The highest BCUT2D eigenvalue weighted by Gasteiger charge is 2.20. The third-order valence-corrected chi connectivity index (χ3v) is 5.01. The Kier molecular flexibility index (Phi) is 7.04. The summed E-state index contributed by atoms with van der Waals surface area (Å²) >= 11 is 0. The lowest BCUT2D eigenvalue weighted by atomic mass is 10.1. The molecule has 162 valence electrons. The summed E-state index contributed by atoms with van der Waals surface area (Å²) in [6, 6.07) is 5.76. The number of nitrogens with one attached hydrogen (secondary N) is 2. The highest BCUT2D eigenvalue weighted by molar-refractivity contribution is 5.84. The van der Waals surface area contributed by atoms with Crippen LogP contribution < -0.4 is 15.4 Å². The number of hydrogen-bond acceptors (Lipinski definition) is 7. The average Bonchev–Trinajstić information content (AvgIpc) is 3.12. The molecule has 1 amide bonds. The van der Waals surface area contributed by atoms with E-state index in [1.807, 2.05) is 43.4 Å². The smallest absolute Gasteiger partial charge is 0.249 e. The van der Waals surface area contributed by atoms with Gasteiger partial charge in [0, 0.05) is 26.3 Å². The molecule has 1 atom stereocenters. The first kappa shape index (κ1) is 21.8. The van der Waals surface area contributed by atoms with Crippen LogP contribution in [0.3, 0.4) is 0 Å². The summed E-state index contributed by atoms with van der Waals surface area (Å²) in [7, 11) is 3.20. The Morgan fingerprint density at radius 1 is 1.17 bits per heavy atom. The maximum Gasteiger partial charge on any atom is 0.249 e. The summed E-state index contributed by atoms with van der Waals surface area (Å²) in [5.41, 5.74) is 2.43. The molecule has 0 aliphatic carbocycles. The standard InChI is InChI=1S/C21H30N6O3/c1-13(2)18(30-5)21(28)23-11-7-6-10-22-19-20-26-25-14(3)27(20)17-9-8-15(29-4)12-16(17)24-19/h8-9,12-13,18H,6-7,10-11H2,1-5H3,(H,22,24)(H,23,28). The molecule has 9 heteroatoms. The zero-order valence-electron chi connectivity index (χ0n) is 18.2. The molecular weight excluding hydrogens is 384 g/mol. The Morgan fingerprint density at radius 3 is 2.63 bits per heavy atom. The van der Waals surface area contributed by atoms with Gasteiger partial charge in [0.25, 0.3) is 0 Å². The highest BCUT2D eigenvalue weighted by atomic mass is 16.5. The van der Waals surface area contributed by atoms with E-state index in [-0.39, 0.29) is 11.8 Å². The van der Waals surface area contributed by atoms with Crippen molar-refractivity contribution >= 4 is 28.4 Å². The highest BCUT2D eigenvalue weighted by Crippen LogP contribution is 2.25. The Hall–Kier alpha value is -2.94. The molecule has 1 unspecified atom stereocenters. The molecule has 30 heavy (non-hydrogen) atoms. The number of aromatic nitrogens is 4. The summed E-state index contributed by atoms with van der Waals surface area (Å²) in [5, 5.41) is 14.8. The molecule has 0 bridgehead atoms. The van der Waals surface area contributed by atoms with Gasteiger partial charge in [0.1, 0.15) is 17.7 Å². The fraction of sp³-hybridized carbons (Fsp3) is 0.524. The van der Waals surface area contributed by atoms with Gasteiger partial charge >= 0.3 is 0 Å². The number of carbonyl (C=O) groups excluding carboxylic acids is 1. The fourth-order valence-electron chi connectivity index (χ4n) is 3.45. The van der Waals surface area contributed by atoms with Gasteiger partial charge in [0.15, 0.2) is 5.82 Å². The van der Waals surface area contributed by atoms with Gasteiger partial charge in [0.2, 0.25) is 11.6 Å². The Balaban J connectivity index is 1.61. The molecule has 3 aromatic rings. The zero-order valence-corrected chi connectivity index (χ0v) is 18.2. The van der Waals surface area contributed by atoms with Crippen LogP contribution in [0.15, 0.2) is 18.2 Å². The fourth-order valence-corrected chi connectivity index (χ4v) is 3.45. The third kappa shape index (κ3) is 4.62. The van der Waals surface area contributed by atoms with Gasteiger partial charge in [-0.15, -0.1) is 10.2 Å². The van der Waals surface area contributed by atoms with E-state index >= 15 is 0 Å². The second kappa shape index (κ2) is 9.71. The summed E-state index contributed by atoms with van der Waals surface area (Å²) in [5.74, 6) is 2.30. The molecular formula is C21H30N6O3. The van der Waals surface area contributed by atoms with Crippen molar-refractivity contribution in [1.82, 2.24) is 24.9 Å². The molecule has 2 N–H and O–H groups in total. The van der Waals surface area contributed by atoms with E-state index in [2.05, 4.69) is 20.8 Å². The molecule has 3 rings (SSSR count). The normalized spacial score (nSPS) is 12.5. The van der Waals surface area contributed by atoms with Crippen LogP contribution in [0, 0.1) is 12.8 Å². The molecule has 2 heterocycles. The molecule has 0 fully saturated rings. The number of benzene rings is 1. The van der Waals surface area contributed by atoms with Crippen molar-refractivity contribution in [2.45, 2.75) is 39.7 Å². The van der Waals surface area contributed by atoms with Crippen LogP contribution in [0.2, 0.25) is 0 Å². The molecule has 0 saturated heterocycles. The van der Waals surface area contributed by atoms with Crippen LogP contribution in [0.4, 0.5) is 5.82 Å². The minimum Gasteiger partial charge on any atom is -0.497 e. The van der Waals surface area contributed by atoms with Crippen molar-refractivity contribution in [2.75, 3.05) is 32.6 Å². The minimum absolute atomic E-state index is 0.0637. The number of unbranched alkanes of at least 4 members (excludes halogenated alkanes) is 1. The number of methoxy groups -OCH3 is 2. The van der Waals surface area contributed by atoms with Crippen LogP contribution in [0.1, 0.15) is 32.5 Å². The summed E-state index contributed by atoms with van der Waals surface area (Å²) in [6.07, 6.45) is 1.30. The Bertz CT molecular complexity index is 1020. The Labute approximate surface area is 176 Å². The molecule has 0 aliphatic rings. The van der Waals surface area contributed by atoms with Crippen molar-refractivity contribution in [3.05, 3.63) is 24.0 Å². The van der Waals surface area contributed by atoms with Crippen molar-refractivity contribution < 1.29 is 14.3 Å². The molecule has 0 aliphatic heterocycles. The second-order valence-corrected chi connectivity index (χ2v) is 7.55. The topological polar surface area (TPSA) is 103 Å². The van der Waals surface area contributed by atoms with E-state index in [0.717, 1.165) is 35.4 Å². The lowest BCUT2D eigenvalue weighted by Gasteiger charge is -2.18. The van der Waals surface area contributed by atoms with E-state index in [4.69, 9.17) is 14.5 Å². The zero-order chi connectivity index (χ0) is 21.7. The number of hydrogen-bond donors (Lipinski definition) is 2. The number of nitrogens with zero attached hydrogens (tertiary/aromatic N) is 4. The first-order valence-corrected chi connectivity index (χ1v) is 10.2. The van der Waals surface area contributed by atoms with Crippen LogP contribution in [-0.2, 0) is 9.53 Å². The van der Waals surface area contributed by atoms with Crippen LogP contribution >= 0.6 is 0 Å². The summed E-state index contributed by atoms with van der Waals surface area (Å²) in [6.45, 7) is 7.17. The number of aryl methyl sites for hydroxylation is 1. The van der Waals surface area contributed by atoms with E-state index < -0.39 is 6.10 Å². The predicted octanol–water partition coefficient (Wildman–Crippen LogP) is 2.57. The molecule has 0 spiro atoms. The lowest BCUT2D eigenvalue weighted by molar-refractivity contribution is -0.133. The average molecular weight is 415 g/mol. The number of ether oxygens (including phenoxy) is 2. The number of rotatable bonds is 10. The number of amides is 1. The van der Waals surface area contributed by atoms with Gasteiger partial charge in [-0.1, -0.05) is 13.8 Å². The molecule has 0 saturated carbocycles. The number of carbonyl (C=O) groups is 1. The lowest BCUT2D eigenvalue weighted by Crippen LogP contribution is -2.39. The maximum atomic E-state index is 12.1. The summed E-state index contributed by atoms with van der Waals surface area (Å²) < 4.78 is 12.6.